The average molecular weight is 426 g/mol. The SMILES string of the molecule is CSc1ncc(C(=O)/C=C/c2cc(C)c(OC(C)(C)C(=O)O)c(C)c2)c2occc12. The van der Waals surface area contributed by atoms with Crippen LogP contribution in [0.3, 0.4) is 0 Å². The fraction of sp³-hybridized carbons (Fsp3) is 0.261. The number of furan rings is 1. The monoisotopic (exact) mass is 425 g/mol. The largest absolute Gasteiger partial charge is 0.478 e. The van der Waals surface area contributed by atoms with Crippen molar-refractivity contribution in [3.8, 4) is 5.75 Å². The lowest BCUT2D eigenvalue weighted by molar-refractivity contribution is -0.152. The van der Waals surface area contributed by atoms with Crippen LogP contribution in [-0.2, 0) is 4.79 Å². The number of carbonyl (C=O) groups is 2. The highest BCUT2D eigenvalue weighted by Crippen LogP contribution is 2.30. The Morgan fingerprint density at radius 3 is 2.50 bits per heavy atom. The van der Waals surface area contributed by atoms with E-state index in [9.17, 15) is 14.7 Å². The first-order chi connectivity index (χ1) is 14.1. The van der Waals surface area contributed by atoms with Crippen LogP contribution in [0.2, 0.25) is 0 Å². The number of nitrogens with zero attached hydrogens (tertiary/aromatic N) is 1. The number of hydrogen-bond donors (Lipinski definition) is 1. The lowest BCUT2D eigenvalue weighted by Gasteiger charge is -2.24. The van der Waals surface area contributed by atoms with Gasteiger partial charge in [0.25, 0.3) is 0 Å². The van der Waals surface area contributed by atoms with Crippen LogP contribution in [0, 0.1) is 13.8 Å². The summed E-state index contributed by atoms with van der Waals surface area (Å²) in [5.74, 6) is -0.723. The van der Waals surface area contributed by atoms with Gasteiger partial charge >= 0.3 is 5.97 Å². The van der Waals surface area contributed by atoms with Crippen LogP contribution in [0.25, 0.3) is 17.0 Å². The van der Waals surface area contributed by atoms with Gasteiger partial charge in [-0.05, 0) is 74.9 Å². The first kappa shape index (κ1) is 21.6. The van der Waals surface area contributed by atoms with Crippen LogP contribution in [0.5, 0.6) is 5.75 Å². The van der Waals surface area contributed by atoms with Crippen molar-refractivity contribution in [2.75, 3.05) is 6.26 Å². The molecule has 1 N–H and O–H groups in total. The molecule has 1 aromatic carbocycles. The van der Waals surface area contributed by atoms with Crippen LogP contribution in [-0.4, -0.2) is 33.7 Å². The van der Waals surface area contributed by atoms with Crippen LogP contribution in [0.1, 0.15) is 40.9 Å². The minimum absolute atomic E-state index is 0.210. The molecular weight excluding hydrogens is 402 g/mol. The summed E-state index contributed by atoms with van der Waals surface area (Å²) in [5, 5.41) is 10.9. The summed E-state index contributed by atoms with van der Waals surface area (Å²) in [7, 11) is 0. The second kappa shape index (κ2) is 8.36. The zero-order valence-electron chi connectivity index (χ0n) is 17.5. The number of hydrogen-bond acceptors (Lipinski definition) is 6. The molecule has 2 heterocycles. The molecule has 0 aliphatic heterocycles. The van der Waals surface area contributed by atoms with Crippen molar-refractivity contribution < 1.29 is 23.8 Å². The molecule has 0 aliphatic rings. The van der Waals surface area contributed by atoms with Crippen molar-refractivity contribution in [2.24, 2.45) is 0 Å². The molecule has 0 amide bonds. The van der Waals surface area contributed by atoms with E-state index in [4.69, 9.17) is 9.15 Å². The molecule has 30 heavy (non-hydrogen) atoms. The highest BCUT2D eigenvalue weighted by atomic mass is 32.2. The van der Waals surface area contributed by atoms with E-state index in [1.807, 2.05) is 32.2 Å². The number of rotatable bonds is 7. The average Bonchev–Trinajstić information content (AvgIpc) is 3.18. The number of carboxylic acid groups (broad SMARTS) is 1. The zero-order valence-corrected chi connectivity index (χ0v) is 18.3. The van der Waals surface area contributed by atoms with E-state index in [2.05, 4.69) is 4.98 Å². The maximum atomic E-state index is 12.7. The Morgan fingerprint density at radius 2 is 1.90 bits per heavy atom. The third-order valence-electron chi connectivity index (χ3n) is 4.69. The number of pyridine rings is 1. The number of benzene rings is 1. The Hall–Kier alpha value is -3.06. The van der Waals surface area contributed by atoms with E-state index in [0.29, 0.717) is 16.9 Å². The number of aliphatic carboxylic acids is 1. The molecular formula is C23H23NO5S. The highest BCUT2D eigenvalue weighted by molar-refractivity contribution is 7.98. The van der Waals surface area contributed by atoms with Gasteiger partial charge in [-0.1, -0.05) is 6.08 Å². The van der Waals surface area contributed by atoms with Crippen molar-refractivity contribution in [1.82, 2.24) is 4.98 Å². The van der Waals surface area contributed by atoms with Crippen LogP contribution in [0.15, 0.2) is 46.2 Å². The van der Waals surface area contributed by atoms with Gasteiger partial charge in [0, 0.05) is 6.20 Å². The van der Waals surface area contributed by atoms with E-state index in [1.54, 1.807) is 18.4 Å². The van der Waals surface area contributed by atoms with Crippen LogP contribution >= 0.6 is 11.8 Å². The number of aryl methyl sites for hydroxylation is 2. The van der Waals surface area contributed by atoms with Crippen molar-refractivity contribution in [3.63, 3.8) is 0 Å². The summed E-state index contributed by atoms with van der Waals surface area (Å²) in [6.45, 7) is 6.70. The summed E-state index contributed by atoms with van der Waals surface area (Å²) in [6, 6.07) is 5.50. The zero-order chi connectivity index (χ0) is 22.1. The maximum Gasteiger partial charge on any atom is 0.347 e. The summed E-state index contributed by atoms with van der Waals surface area (Å²) in [6.07, 6.45) is 8.20. The third-order valence-corrected chi connectivity index (χ3v) is 5.40. The number of ether oxygens (including phenoxy) is 1. The Morgan fingerprint density at radius 1 is 1.23 bits per heavy atom. The smallest absolute Gasteiger partial charge is 0.347 e. The van der Waals surface area contributed by atoms with Crippen molar-refractivity contribution in [3.05, 3.63) is 59.0 Å². The van der Waals surface area contributed by atoms with Gasteiger partial charge in [-0.25, -0.2) is 9.78 Å². The number of thioether (sulfide) groups is 1. The predicted molar refractivity (Wildman–Crippen MR) is 117 cm³/mol. The van der Waals surface area contributed by atoms with Crippen molar-refractivity contribution >= 4 is 40.6 Å². The number of allylic oxidation sites excluding steroid dienone is 1. The fourth-order valence-corrected chi connectivity index (χ4v) is 3.62. The molecule has 0 aliphatic carbocycles. The van der Waals surface area contributed by atoms with E-state index >= 15 is 0 Å². The Labute approximate surface area is 178 Å². The normalized spacial score (nSPS) is 11.9. The van der Waals surface area contributed by atoms with E-state index < -0.39 is 11.6 Å². The minimum Gasteiger partial charge on any atom is -0.478 e. The minimum atomic E-state index is -1.34. The molecule has 0 saturated heterocycles. The van der Waals surface area contributed by atoms with Gasteiger partial charge in [0.05, 0.1) is 17.2 Å². The molecule has 7 heteroatoms. The number of aromatic nitrogens is 1. The number of ketones is 1. The second-order valence-corrected chi connectivity index (χ2v) is 8.24. The summed E-state index contributed by atoms with van der Waals surface area (Å²) < 4.78 is 11.2. The Balaban J connectivity index is 1.87. The van der Waals surface area contributed by atoms with Gasteiger partial charge in [0.1, 0.15) is 16.4 Å². The van der Waals surface area contributed by atoms with Crippen molar-refractivity contribution in [2.45, 2.75) is 38.3 Å². The molecule has 156 valence electrons. The van der Waals surface area contributed by atoms with Crippen molar-refractivity contribution in [1.29, 1.82) is 0 Å². The van der Waals surface area contributed by atoms with Gasteiger partial charge in [-0.2, -0.15) is 0 Å². The van der Waals surface area contributed by atoms with Gasteiger partial charge in [-0.3, -0.25) is 4.79 Å². The predicted octanol–water partition coefficient (Wildman–Crippen LogP) is 5.30. The summed E-state index contributed by atoms with van der Waals surface area (Å²) in [4.78, 5) is 28.4. The molecule has 0 atom stereocenters. The van der Waals surface area contributed by atoms with Gasteiger partial charge in [0.2, 0.25) is 0 Å². The highest BCUT2D eigenvalue weighted by Gasteiger charge is 2.30. The third kappa shape index (κ3) is 4.26. The lowest BCUT2D eigenvalue weighted by Crippen LogP contribution is -2.38. The number of carbonyl (C=O) groups excluding carboxylic acids is 1. The van der Waals surface area contributed by atoms with Crippen LogP contribution in [0.4, 0.5) is 0 Å². The fourth-order valence-electron chi connectivity index (χ4n) is 3.08. The first-order valence-electron chi connectivity index (χ1n) is 9.30. The molecule has 0 unspecified atom stereocenters. The maximum absolute atomic E-state index is 12.7. The molecule has 3 aromatic rings. The van der Waals surface area contributed by atoms with Gasteiger partial charge < -0.3 is 14.3 Å². The van der Waals surface area contributed by atoms with E-state index in [1.165, 1.54) is 37.9 Å². The molecule has 2 aromatic heterocycles. The summed E-state index contributed by atoms with van der Waals surface area (Å²) in [5.41, 5.74) is 1.97. The van der Waals surface area contributed by atoms with E-state index in [0.717, 1.165) is 27.1 Å². The first-order valence-corrected chi connectivity index (χ1v) is 10.5. The quantitative estimate of drug-likeness (QED) is 0.312. The van der Waals surface area contributed by atoms with E-state index in [-0.39, 0.29) is 5.78 Å². The summed E-state index contributed by atoms with van der Waals surface area (Å²) >= 11 is 1.49. The Bertz CT molecular complexity index is 1140. The lowest BCUT2D eigenvalue weighted by atomic mass is 10.0. The molecule has 0 radical (unpaired) electrons. The second-order valence-electron chi connectivity index (χ2n) is 7.44. The molecule has 3 rings (SSSR count). The van der Waals surface area contributed by atoms with Gasteiger partial charge in [-0.15, -0.1) is 11.8 Å². The number of carboxylic acids is 1. The molecule has 0 fully saturated rings. The standard InChI is InChI=1S/C23H23NO5S/c1-13-10-15(11-14(2)19(13)29-23(3,4)22(26)27)6-7-18(25)17-12-24-21(30-5)16-8-9-28-20(16)17/h6-12H,1-5H3,(H,26,27)/b7-6+. The topological polar surface area (TPSA) is 89.6 Å². The molecule has 0 spiro atoms. The molecule has 6 nitrogen and oxygen atoms in total. The Kier molecular flexibility index (Phi) is 6.03. The molecule has 0 saturated carbocycles. The molecule has 0 bridgehead atoms. The van der Waals surface area contributed by atoms with Gasteiger partial charge in [0.15, 0.2) is 11.4 Å². The van der Waals surface area contributed by atoms with Crippen LogP contribution < -0.4 is 4.74 Å². The number of fused-ring (bicyclic) bond motifs is 1.